The van der Waals surface area contributed by atoms with Gasteiger partial charge in [0.25, 0.3) is 0 Å². The van der Waals surface area contributed by atoms with Gasteiger partial charge in [0, 0.05) is 6.61 Å². The maximum absolute atomic E-state index is 9.89. The summed E-state index contributed by atoms with van der Waals surface area (Å²) in [6, 6.07) is 0. The van der Waals surface area contributed by atoms with Gasteiger partial charge in [0.2, 0.25) is 0 Å². The van der Waals surface area contributed by atoms with Gasteiger partial charge in [0.05, 0.1) is 6.61 Å². The van der Waals surface area contributed by atoms with Gasteiger partial charge in [0.1, 0.15) is 24.4 Å². The Morgan fingerprint density at radius 2 is 1.95 bits per heavy atom. The summed E-state index contributed by atoms with van der Waals surface area (Å²) in [6.07, 6.45) is 1.51. The van der Waals surface area contributed by atoms with Gasteiger partial charge in [-0.2, -0.15) is 0 Å². The summed E-state index contributed by atoms with van der Waals surface area (Å²) < 4.78 is 23.1. The van der Waals surface area contributed by atoms with Crippen molar-refractivity contribution >= 4 is 0 Å². The van der Waals surface area contributed by atoms with Crippen LogP contribution in [0.2, 0.25) is 0 Å². The van der Waals surface area contributed by atoms with Crippen LogP contribution in [-0.2, 0) is 18.9 Å². The van der Waals surface area contributed by atoms with Crippen LogP contribution in [0.4, 0.5) is 0 Å². The molecular formula is C15H28O6. The molecule has 0 amide bonds. The minimum atomic E-state index is -0.994. The van der Waals surface area contributed by atoms with Crippen LogP contribution in [0.3, 0.4) is 0 Å². The Balaban J connectivity index is 1.91. The van der Waals surface area contributed by atoms with Gasteiger partial charge in [-0.1, -0.05) is 26.2 Å². The minimum Gasteiger partial charge on any atom is -0.394 e. The Hall–Kier alpha value is -0.240. The molecule has 0 radical (unpaired) electrons. The number of aliphatic hydroxyl groups is 2. The second-order valence-corrected chi connectivity index (χ2v) is 6.22. The summed E-state index contributed by atoms with van der Waals surface area (Å²) in [7, 11) is 0. The molecule has 2 aliphatic heterocycles. The number of unbranched alkanes of at least 4 members (excludes halogenated alkanes) is 3. The predicted octanol–water partition coefficient (Wildman–Crippen LogP) is 1.18. The van der Waals surface area contributed by atoms with Crippen molar-refractivity contribution in [3.8, 4) is 0 Å². The summed E-state index contributed by atoms with van der Waals surface area (Å²) >= 11 is 0. The van der Waals surface area contributed by atoms with Gasteiger partial charge in [0.15, 0.2) is 12.1 Å². The Labute approximate surface area is 126 Å². The van der Waals surface area contributed by atoms with Crippen LogP contribution in [0, 0.1) is 0 Å². The summed E-state index contributed by atoms with van der Waals surface area (Å²) in [5.41, 5.74) is 0. The first-order valence-corrected chi connectivity index (χ1v) is 7.90. The zero-order chi connectivity index (χ0) is 15.5. The summed E-state index contributed by atoms with van der Waals surface area (Å²) in [5.74, 6) is -0.714. The standard InChI is InChI=1S/C15H28O6/c1-4-5-6-7-8-18-12-11(10(17)9-16)19-14-13(12)20-15(2,3)21-14/h10-14,16-17H,4-9H2,1-3H3/t10-,11-,12+,13-,14-/m1/s1. The highest BCUT2D eigenvalue weighted by Gasteiger charge is 2.56. The molecule has 2 saturated heterocycles. The highest BCUT2D eigenvalue weighted by Crippen LogP contribution is 2.39. The average Bonchev–Trinajstić information content (AvgIpc) is 2.90. The van der Waals surface area contributed by atoms with E-state index in [1.807, 2.05) is 13.8 Å². The molecule has 0 aromatic rings. The Kier molecular flexibility index (Phi) is 5.99. The SMILES string of the molecule is CCCCCCO[C@@H]1[C@H]2OC(C)(C)O[C@H]2O[C@@H]1[C@H](O)CO. The fourth-order valence-electron chi connectivity index (χ4n) is 2.86. The summed E-state index contributed by atoms with van der Waals surface area (Å²) in [5, 5.41) is 19.0. The maximum Gasteiger partial charge on any atom is 0.190 e. The van der Waals surface area contributed by atoms with Gasteiger partial charge in [-0.05, 0) is 20.3 Å². The topological polar surface area (TPSA) is 77.4 Å². The average molecular weight is 304 g/mol. The molecule has 2 aliphatic rings. The molecule has 6 heteroatoms. The lowest BCUT2D eigenvalue weighted by molar-refractivity contribution is -0.231. The van der Waals surface area contributed by atoms with E-state index in [0.29, 0.717) is 6.61 Å². The molecule has 0 aromatic heterocycles. The Morgan fingerprint density at radius 3 is 2.62 bits per heavy atom. The van der Waals surface area contributed by atoms with Gasteiger partial charge < -0.3 is 29.2 Å². The number of ether oxygens (including phenoxy) is 4. The van der Waals surface area contributed by atoms with Gasteiger partial charge in [-0.25, -0.2) is 0 Å². The smallest absolute Gasteiger partial charge is 0.190 e. The molecule has 0 bridgehead atoms. The molecule has 5 atom stereocenters. The Morgan fingerprint density at radius 1 is 1.19 bits per heavy atom. The third kappa shape index (κ3) is 4.15. The second-order valence-electron chi connectivity index (χ2n) is 6.22. The van der Waals surface area contributed by atoms with E-state index < -0.39 is 30.4 Å². The van der Waals surface area contributed by atoms with Crippen LogP contribution in [0.5, 0.6) is 0 Å². The highest BCUT2D eigenvalue weighted by molar-refractivity contribution is 4.96. The van der Waals surface area contributed by atoms with E-state index in [2.05, 4.69) is 6.92 Å². The first kappa shape index (κ1) is 17.1. The van der Waals surface area contributed by atoms with Crippen molar-refractivity contribution in [1.82, 2.24) is 0 Å². The van der Waals surface area contributed by atoms with Crippen LogP contribution in [0.1, 0.15) is 46.5 Å². The molecule has 0 aromatic carbocycles. The number of hydrogen-bond acceptors (Lipinski definition) is 6. The molecule has 0 unspecified atom stereocenters. The molecule has 2 fully saturated rings. The fourth-order valence-corrected chi connectivity index (χ4v) is 2.86. The molecule has 6 nitrogen and oxygen atoms in total. The first-order valence-electron chi connectivity index (χ1n) is 7.90. The first-order chi connectivity index (χ1) is 9.98. The Bertz CT molecular complexity index is 321. The van der Waals surface area contributed by atoms with Crippen molar-refractivity contribution in [2.24, 2.45) is 0 Å². The lowest BCUT2D eigenvalue weighted by Gasteiger charge is -2.28. The minimum absolute atomic E-state index is 0.364. The van der Waals surface area contributed by atoms with E-state index in [1.54, 1.807) is 0 Å². The molecular weight excluding hydrogens is 276 g/mol. The van der Waals surface area contributed by atoms with Gasteiger partial charge in [-0.3, -0.25) is 0 Å². The maximum atomic E-state index is 9.89. The van der Waals surface area contributed by atoms with E-state index in [4.69, 9.17) is 24.1 Å². The largest absolute Gasteiger partial charge is 0.394 e. The number of fused-ring (bicyclic) bond motifs is 1. The zero-order valence-corrected chi connectivity index (χ0v) is 13.2. The third-order valence-electron chi connectivity index (χ3n) is 3.90. The molecule has 21 heavy (non-hydrogen) atoms. The molecule has 0 aliphatic carbocycles. The predicted molar refractivity (Wildman–Crippen MR) is 75.7 cm³/mol. The van der Waals surface area contributed by atoms with Crippen molar-refractivity contribution in [2.45, 2.75) is 82.9 Å². The van der Waals surface area contributed by atoms with Crippen LogP contribution in [0.25, 0.3) is 0 Å². The van der Waals surface area contributed by atoms with E-state index in [1.165, 1.54) is 12.8 Å². The van der Waals surface area contributed by atoms with Crippen LogP contribution < -0.4 is 0 Å². The number of rotatable bonds is 8. The van der Waals surface area contributed by atoms with E-state index in [0.717, 1.165) is 12.8 Å². The molecule has 0 spiro atoms. The van der Waals surface area contributed by atoms with Crippen molar-refractivity contribution in [3.63, 3.8) is 0 Å². The molecule has 2 rings (SSSR count). The lowest BCUT2D eigenvalue weighted by Crippen LogP contribution is -2.44. The van der Waals surface area contributed by atoms with E-state index >= 15 is 0 Å². The number of aliphatic hydroxyl groups excluding tert-OH is 2. The van der Waals surface area contributed by atoms with Crippen molar-refractivity contribution in [3.05, 3.63) is 0 Å². The van der Waals surface area contributed by atoms with Crippen molar-refractivity contribution in [1.29, 1.82) is 0 Å². The second kappa shape index (κ2) is 7.35. The highest BCUT2D eigenvalue weighted by atomic mass is 16.8. The van der Waals surface area contributed by atoms with Crippen LogP contribution >= 0.6 is 0 Å². The van der Waals surface area contributed by atoms with E-state index in [9.17, 15) is 5.11 Å². The summed E-state index contributed by atoms with van der Waals surface area (Å²) in [4.78, 5) is 0. The monoisotopic (exact) mass is 304 g/mol. The number of hydrogen-bond donors (Lipinski definition) is 2. The van der Waals surface area contributed by atoms with Crippen molar-refractivity contribution in [2.75, 3.05) is 13.2 Å². The van der Waals surface area contributed by atoms with Crippen molar-refractivity contribution < 1.29 is 29.2 Å². The molecule has 2 heterocycles. The van der Waals surface area contributed by atoms with Crippen LogP contribution in [-0.4, -0.2) is 59.9 Å². The third-order valence-corrected chi connectivity index (χ3v) is 3.90. The molecule has 0 saturated carbocycles. The zero-order valence-electron chi connectivity index (χ0n) is 13.2. The fraction of sp³-hybridized carbons (Fsp3) is 1.00. The van der Waals surface area contributed by atoms with Gasteiger partial charge in [-0.15, -0.1) is 0 Å². The van der Waals surface area contributed by atoms with Gasteiger partial charge >= 0.3 is 0 Å². The lowest BCUT2D eigenvalue weighted by atomic mass is 10.1. The summed E-state index contributed by atoms with van der Waals surface area (Å²) in [6.45, 7) is 6.03. The van der Waals surface area contributed by atoms with Crippen LogP contribution in [0.15, 0.2) is 0 Å². The molecule has 2 N–H and O–H groups in total. The molecule has 124 valence electrons. The quantitative estimate of drug-likeness (QED) is 0.656. The van der Waals surface area contributed by atoms with E-state index in [-0.39, 0.29) is 12.7 Å². The normalized spacial score (nSPS) is 35.9.